The number of anilines is 1. The van der Waals surface area contributed by atoms with Gasteiger partial charge in [0, 0.05) is 38.0 Å². The third-order valence-electron chi connectivity index (χ3n) is 5.47. The van der Waals surface area contributed by atoms with Gasteiger partial charge in [0.15, 0.2) is 0 Å². The molecule has 1 saturated heterocycles. The summed E-state index contributed by atoms with van der Waals surface area (Å²) >= 11 is 1.51. The van der Waals surface area contributed by atoms with Crippen molar-refractivity contribution in [3.05, 3.63) is 35.1 Å². The molecule has 2 aromatic rings. The molecule has 2 aromatic heterocycles. The normalized spacial score (nSPS) is 20.2. The number of hydrogen-bond donors (Lipinski definition) is 1. The van der Waals surface area contributed by atoms with Gasteiger partial charge in [0.25, 0.3) is 0 Å². The molecule has 2 fully saturated rings. The molecule has 0 unspecified atom stereocenters. The van der Waals surface area contributed by atoms with Gasteiger partial charge in [0.1, 0.15) is 5.01 Å². The maximum Gasteiger partial charge on any atom is 0.324 e. The SMILES string of the molecule is O=C(Nc1nnc(C2CCCCC2)s1)N(Cc1ccncc1)C[C@H]1CCCO1. The monoisotopic (exact) mass is 401 g/mol. The van der Waals surface area contributed by atoms with E-state index >= 15 is 0 Å². The Morgan fingerprint density at radius 2 is 1.96 bits per heavy atom. The number of carbonyl (C=O) groups excluding carboxylic acids is 1. The smallest absolute Gasteiger partial charge is 0.324 e. The largest absolute Gasteiger partial charge is 0.376 e. The Bertz CT molecular complexity index is 757. The number of nitrogens with one attached hydrogen (secondary N) is 1. The molecule has 2 amide bonds. The van der Waals surface area contributed by atoms with Gasteiger partial charge in [-0.3, -0.25) is 10.3 Å². The van der Waals surface area contributed by atoms with Crippen LogP contribution in [0.3, 0.4) is 0 Å². The first-order chi connectivity index (χ1) is 13.8. The highest BCUT2D eigenvalue weighted by Crippen LogP contribution is 2.35. The molecule has 0 spiro atoms. The molecule has 1 N–H and O–H groups in total. The second kappa shape index (κ2) is 9.43. The number of urea groups is 1. The number of hydrogen-bond acceptors (Lipinski definition) is 6. The molecule has 1 saturated carbocycles. The average Bonchev–Trinajstić information content (AvgIpc) is 3.41. The van der Waals surface area contributed by atoms with Gasteiger partial charge in [-0.25, -0.2) is 4.79 Å². The minimum atomic E-state index is -0.154. The van der Waals surface area contributed by atoms with Crippen LogP contribution in [0.1, 0.15) is 61.4 Å². The molecule has 8 heteroatoms. The second-order valence-corrected chi connectivity index (χ2v) is 8.59. The number of rotatable bonds is 6. The predicted molar refractivity (Wildman–Crippen MR) is 108 cm³/mol. The van der Waals surface area contributed by atoms with Gasteiger partial charge >= 0.3 is 6.03 Å². The van der Waals surface area contributed by atoms with Gasteiger partial charge < -0.3 is 9.64 Å². The van der Waals surface area contributed by atoms with Gasteiger partial charge in [-0.1, -0.05) is 30.6 Å². The summed E-state index contributed by atoms with van der Waals surface area (Å²) in [5.74, 6) is 0.497. The highest BCUT2D eigenvalue weighted by atomic mass is 32.1. The summed E-state index contributed by atoms with van der Waals surface area (Å²) < 4.78 is 5.75. The van der Waals surface area contributed by atoms with E-state index in [9.17, 15) is 4.79 Å². The van der Waals surface area contributed by atoms with E-state index in [1.54, 1.807) is 17.3 Å². The van der Waals surface area contributed by atoms with Crippen molar-refractivity contribution in [2.24, 2.45) is 0 Å². The third-order valence-corrected chi connectivity index (χ3v) is 6.47. The van der Waals surface area contributed by atoms with Crippen molar-refractivity contribution in [3.8, 4) is 0 Å². The van der Waals surface area contributed by atoms with E-state index in [2.05, 4.69) is 20.5 Å². The summed E-state index contributed by atoms with van der Waals surface area (Å²) in [6.45, 7) is 1.86. The number of pyridine rings is 1. The molecule has 2 aliphatic rings. The lowest BCUT2D eigenvalue weighted by molar-refractivity contribution is 0.0819. The fourth-order valence-electron chi connectivity index (χ4n) is 3.93. The van der Waals surface area contributed by atoms with Crippen LogP contribution >= 0.6 is 11.3 Å². The van der Waals surface area contributed by atoms with Crippen molar-refractivity contribution in [1.29, 1.82) is 0 Å². The van der Waals surface area contributed by atoms with Crippen LogP contribution in [-0.4, -0.2) is 45.4 Å². The van der Waals surface area contributed by atoms with E-state index in [0.29, 0.717) is 24.1 Å². The minimum Gasteiger partial charge on any atom is -0.376 e. The van der Waals surface area contributed by atoms with E-state index in [1.165, 1.54) is 43.4 Å². The van der Waals surface area contributed by atoms with Crippen LogP contribution < -0.4 is 5.32 Å². The molecule has 1 atom stereocenters. The number of nitrogens with zero attached hydrogens (tertiary/aromatic N) is 4. The van der Waals surface area contributed by atoms with Crippen molar-refractivity contribution in [2.45, 2.75) is 63.5 Å². The summed E-state index contributed by atoms with van der Waals surface area (Å²) in [6, 6.07) is 3.71. The quantitative estimate of drug-likeness (QED) is 0.785. The van der Waals surface area contributed by atoms with Crippen molar-refractivity contribution in [2.75, 3.05) is 18.5 Å². The zero-order chi connectivity index (χ0) is 19.2. The lowest BCUT2D eigenvalue weighted by Crippen LogP contribution is -2.39. The van der Waals surface area contributed by atoms with Crippen molar-refractivity contribution in [3.63, 3.8) is 0 Å². The molecule has 3 heterocycles. The molecular formula is C20H27N5O2S. The molecule has 7 nitrogen and oxygen atoms in total. The second-order valence-electron chi connectivity index (χ2n) is 7.58. The first-order valence-corrected chi connectivity index (χ1v) is 11.0. The van der Waals surface area contributed by atoms with E-state index in [0.717, 1.165) is 30.0 Å². The predicted octanol–water partition coefficient (Wildman–Crippen LogP) is 4.19. The van der Waals surface area contributed by atoms with Crippen LogP contribution in [0.15, 0.2) is 24.5 Å². The molecular weight excluding hydrogens is 374 g/mol. The Morgan fingerprint density at radius 3 is 2.71 bits per heavy atom. The van der Waals surface area contributed by atoms with Crippen LogP contribution in [-0.2, 0) is 11.3 Å². The van der Waals surface area contributed by atoms with Crippen LogP contribution in [0.25, 0.3) is 0 Å². The van der Waals surface area contributed by atoms with Crippen molar-refractivity contribution >= 4 is 22.5 Å². The van der Waals surface area contributed by atoms with E-state index in [4.69, 9.17) is 4.74 Å². The first kappa shape index (κ1) is 19.3. The van der Waals surface area contributed by atoms with Gasteiger partial charge in [0.2, 0.25) is 5.13 Å². The van der Waals surface area contributed by atoms with Crippen LogP contribution in [0.4, 0.5) is 9.93 Å². The van der Waals surface area contributed by atoms with Crippen molar-refractivity contribution in [1.82, 2.24) is 20.1 Å². The number of carbonyl (C=O) groups is 1. The van der Waals surface area contributed by atoms with E-state index in [1.807, 2.05) is 12.1 Å². The van der Waals surface area contributed by atoms with Crippen molar-refractivity contribution < 1.29 is 9.53 Å². The minimum absolute atomic E-state index is 0.0970. The van der Waals surface area contributed by atoms with Gasteiger partial charge in [-0.15, -0.1) is 10.2 Å². The highest BCUT2D eigenvalue weighted by molar-refractivity contribution is 7.15. The Hall–Kier alpha value is -2.06. The lowest BCUT2D eigenvalue weighted by atomic mass is 9.90. The lowest BCUT2D eigenvalue weighted by Gasteiger charge is -2.25. The molecule has 0 radical (unpaired) electrons. The molecule has 0 bridgehead atoms. The summed E-state index contributed by atoms with van der Waals surface area (Å²) in [4.78, 5) is 18.8. The Morgan fingerprint density at radius 1 is 1.14 bits per heavy atom. The average molecular weight is 402 g/mol. The topological polar surface area (TPSA) is 80.2 Å². The maximum absolute atomic E-state index is 13.0. The van der Waals surface area contributed by atoms with Crippen LogP contribution in [0.2, 0.25) is 0 Å². The molecule has 28 heavy (non-hydrogen) atoms. The summed E-state index contributed by atoms with van der Waals surface area (Å²) in [5.41, 5.74) is 1.04. The van der Waals surface area contributed by atoms with Gasteiger partial charge in [0.05, 0.1) is 6.10 Å². The molecule has 1 aliphatic heterocycles. The summed E-state index contributed by atoms with van der Waals surface area (Å²) in [5, 5.41) is 13.2. The molecule has 4 rings (SSSR count). The Balaban J connectivity index is 1.41. The third kappa shape index (κ3) is 5.05. The standard InChI is InChI=1S/C20H27N5O2S/c26-20(22-19-24-23-18(28-19)16-5-2-1-3-6-16)25(14-17-7-4-12-27-17)13-15-8-10-21-11-9-15/h8-11,16-17H,1-7,12-14H2,(H,22,24,26)/t17-/m1/s1. The number of amides is 2. The maximum atomic E-state index is 13.0. The number of aromatic nitrogens is 3. The Labute approximate surface area is 169 Å². The van der Waals surface area contributed by atoms with Crippen LogP contribution in [0, 0.1) is 0 Å². The molecule has 150 valence electrons. The van der Waals surface area contributed by atoms with Crippen LogP contribution in [0.5, 0.6) is 0 Å². The van der Waals surface area contributed by atoms with E-state index in [-0.39, 0.29) is 12.1 Å². The Kier molecular flexibility index (Phi) is 6.49. The number of ether oxygens (including phenoxy) is 1. The van der Waals surface area contributed by atoms with Gasteiger partial charge in [-0.2, -0.15) is 0 Å². The van der Waals surface area contributed by atoms with Gasteiger partial charge in [-0.05, 0) is 43.4 Å². The zero-order valence-electron chi connectivity index (χ0n) is 16.0. The molecule has 1 aliphatic carbocycles. The highest BCUT2D eigenvalue weighted by Gasteiger charge is 2.25. The fourth-order valence-corrected chi connectivity index (χ4v) is 4.83. The fraction of sp³-hybridized carbons (Fsp3) is 0.600. The molecule has 0 aromatic carbocycles. The summed E-state index contributed by atoms with van der Waals surface area (Å²) in [6.07, 6.45) is 11.8. The zero-order valence-corrected chi connectivity index (χ0v) is 16.9. The first-order valence-electron chi connectivity index (χ1n) is 10.2. The summed E-state index contributed by atoms with van der Waals surface area (Å²) in [7, 11) is 0. The van der Waals surface area contributed by atoms with E-state index < -0.39 is 0 Å².